The van der Waals surface area contributed by atoms with Gasteiger partial charge in [0.1, 0.15) is 16.5 Å². The van der Waals surface area contributed by atoms with Crippen LogP contribution in [0.5, 0.6) is 0 Å². The van der Waals surface area contributed by atoms with Crippen LogP contribution in [0.3, 0.4) is 0 Å². The fourth-order valence-corrected chi connectivity index (χ4v) is 3.27. The van der Waals surface area contributed by atoms with E-state index in [9.17, 15) is 17.2 Å². The minimum atomic E-state index is -4.15. The molecular weight excluding hydrogens is 300 g/mol. The zero-order valence-electron chi connectivity index (χ0n) is 11.8. The van der Waals surface area contributed by atoms with E-state index in [1.807, 2.05) is 6.92 Å². The molecule has 0 aliphatic rings. The van der Waals surface area contributed by atoms with Crippen LogP contribution in [0.15, 0.2) is 23.1 Å². The van der Waals surface area contributed by atoms with Crippen LogP contribution < -0.4 is 4.72 Å². The quantitative estimate of drug-likeness (QED) is 0.943. The average Bonchev–Trinajstić information content (AvgIpc) is 2.65. The topological polar surface area (TPSA) is 64.0 Å². The molecule has 0 atom stereocenters. The van der Waals surface area contributed by atoms with E-state index >= 15 is 0 Å². The number of benzene rings is 1. The highest BCUT2D eigenvalue weighted by Crippen LogP contribution is 2.24. The zero-order valence-corrected chi connectivity index (χ0v) is 12.6. The molecule has 0 fully saturated rings. The number of hydrogen-bond donors (Lipinski definition) is 1. The van der Waals surface area contributed by atoms with Gasteiger partial charge in [-0.2, -0.15) is 5.10 Å². The van der Waals surface area contributed by atoms with Crippen molar-refractivity contribution in [3.05, 3.63) is 41.2 Å². The predicted molar refractivity (Wildman–Crippen MR) is 74.5 cm³/mol. The third kappa shape index (κ3) is 2.90. The number of aryl methyl sites for hydroxylation is 2. The molecule has 0 bridgehead atoms. The summed E-state index contributed by atoms with van der Waals surface area (Å²) in [5, 5.41) is 4.18. The molecule has 1 aromatic heterocycles. The van der Waals surface area contributed by atoms with Gasteiger partial charge in [-0.3, -0.25) is 9.40 Å². The van der Waals surface area contributed by atoms with Crippen LogP contribution in [0.4, 0.5) is 14.5 Å². The van der Waals surface area contributed by atoms with Crippen LogP contribution in [0, 0.1) is 25.5 Å². The second-order valence-electron chi connectivity index (χ2n) is 4.54. The third-order valence-electron chi connectivity index (χ3n) is 3.10. The highest BCUT2D eigenvalue weighted by molar-refractivity contribution is 7.92. The van der Waals surface area contributed by atoms with Gasteiger partial charge in [-0.1, -0.05) is 0 Å². The van der Waals surface area contributed by atoms with Gasteiger partial charge < -0.3 is 0 Å². The Labute approximate surface area is 121 Å². The monoisotopic (exact) mass is 315 g/mol. The molecule has 0 spiro atoms. The van der Waals surface area contributed by atoms with Gasteiger partial charge in [-0.05, 0) is 32.9 Å². The van der Waals surface area contributed by atoms with Crippen molar-refractivity contribution < 1.29 is 17.2 Å². The van der Waals surface area contributed by atoms with Gasteiger partial charge in [-0.25, -0.2) is 17.2 Å². The Hall–Kier alpha value is -1.96. The van der Waals surface area contributed by atoms with E-state index in [0.29, 0.717) is 29.7 Å². The molecule has 0 saturated heterocycles. The van der Waals surface area contributed by atoms with Crippen molar-refractivity contribution in [2.24, 2.45) is 0 Å². The van der Waals surface area contributed by atoms with Gasteiger partial charge >= 0.3 is 0 Å². The maximum absolute atomic E-state index is 13.6. The molecule has 0 amide bonds. The fraction of sp³-hybridized carbons (Fsp3) is 0.308. The van der Waals surface area contributed by atoms with Gasteiger partial charge in [0.25, 0.3) is 10.0 Å². The molecule has 0 saturated carbocycles. The van der Waals surface area contributed by atoms with Crippen LogP contribution in [-0.4, -0.2) is 18.2 Å². The molecule has 0 aliphatic carbocycles. The summed E-state index contributed by atoms with van der Waals surface area (Å²) in [5.41, 5.74) is 1.42. The first-order chi connectivity index (χ1) is 9.76. The molecule has 0 unspecified atom stereocenters. The van der Waals surface area contributed by atoms with Crippen LogP contribution in [-0.2, 0) is 16.6 Å². The zero-order chi connectivity index (χ0) is 15.8. The summed E-state index contributed by atoms with van der Waals surface area (Å²) >= 11 is 0. The minimum absolute atomic E-state index is 0.306. The standard InChI is InChI=1S/C13H15F2N3O2S/c1-4-18-9(3)13(8(2)16-18)17-21(19,20)12-6-5-10(14)7-11(12)15/h5-7,17H,4H2,1-3H3. The van der Waals surface area contributed by atoms with Crippen LogP contribution in [0.2, 0.25) is 0 Å². The van der Waals surface area contributed by atoms with Gasteiger partial charge in [0.05, 0.1) is 17.1 Å². The minimum Gasteiger partial charge on any atom is -0.276 e. The van der Waals surface area contributed by atoms with Gasteiger partial charge in [0.2, 0.25) is 0 Å². The Kier molecular flexibility index (Phi) is 3.99. The highest BCUT2D eigenvalue weighted by atomic mass is 32.2. The number of nitrogens with one attached hydrogen (secondary N) is 1. The number of rotatable bonds is 4. The Morgan fingerprint density at radius 3 is 2.48 bits per heavy atom. The van der Waals surface area contributed by atoms with E-state index in [4.69, 9.17) is 0 Å². The number of anilines is 1. The lowest BCUT2D eigenvalue weighted by Gasteiger charge is -2.09. The van der Waals surface area contributed by atoms with E-state index in [0.717, 1.165) is 12.1 Å². The number of halogens is 2. The summed E-state index contributed by atoms with van der Waals surface area (Å²) in [6, 6.07) is 2.32. The van der Waals surface area contributed by atoms with Crippen molar-refractivity contribution in [1.29, 1.82) is 0 Å². The van der Waals surface area contributed by atoms with E-state index in [1.54, 1.807) is 18.5 Å². The average molecular weight is 315 g/mol. The third-order valence-corrected chi connectivity index (χ3v) is 4.48. The second kappa shape index (κ2) is 5.44. The second-order valence-corrected chi connectivity index (χ2v) is 6.19. The van der Waals surface area contributed by atoms with Crippen LogP contribution >= 0.6 is 0 Å². The van der Waals surface area contributed by atoms with Gasteiger partial charge in [-0.15, -0.1) is 0 Å². The number of hydrogen-bond acceptors (Lipinski definition) is 3. The van der Waals surface area contributed by atoms with Crippen molar-refractivity contribution in [1.82, 2.24) is 9.78 Å². The molecular formula is C13H15F2N3O2S. The maximum Gasteiger partial charge on any atom is 0.264 e. The van der Waals surface area contributed by atoms with Crippen molar-refractivity contribution in [3.63, 3.8) is 0 Å². The molecule has 21 heavy (non-hydrogen) atoms. The SMILES string of the molecule is CCn1nc(C)c(NS(=O)(=O)c2ccc(F)cc2F)c1C. The van der Waals surface area contributed by atoms with Gasteiger partial charge in [0, 0.05) is 12.6 Å². The first-order valence-electron chi connectivity index (χ1n) is 6.28. The van der Waals surface area contributed by atoms with Crippen molar-refractivity contribution in [2.75, 3.05) is 4.72 Å². The summed E-state index contributed by atoms with van der Waals surface area (Å²) in [7, 11) is -4.15. The summed E-state index contributed by atoms with van der Waals surface area (Å²) in [6.45, 7) is 5.82. The first-order valence-corrected chi connectivity index (χ1v) is 7.76. The Morgan fingerprint density at radius 2 is 1.95 bits per heavy atom. The molecule has 0 radical (unpaired) electrons. The predicted octanol–water partition coefficient (Wildman–Crippen LogP) is 2.60. The molecule has 2 aromatic rings. The number of nitrogens with zero attached hydrogens (tertiary/aromatic N) is 2. The summed E-state index contributed by atoms with van der Waals surface area (Å²) in [4.78, 5) is -0.605. The molecule has 1 aromatic carbocycles. The molecule has 1 heterocycles. The van der Waals surface area contributed by atoms with Gasteiger partial charge in [0.15, 0.2) is 0 Å². The summed E-state index contributed by atoms with van der Waals surface area (Å²) < 4.78 is 54.9. The van der Waals surface area contributed by atoms with E-state index in [1.165, 1.54) is 0 Å². The lowest BCUT2D eigenvalue weighted by molar-refractivity contribution is 0.551. The van der Waals surface area contributed by atoms with E-state index in [-0.39, 0.29) is 0 Å². The molecule has 5 nitrogen and oxygen atoms in total. The van der Waals surface area contributed by atoms with Crippen molar-refractivity contribution in [3.8, 4) is 0 Å². The molecule has 1 N–H and O–H groups in total. The van der Waals surface area contributed by atoms with Crippen molar-refractivity contribution in [2.45, 2.75) is 32.2 Å². The molecule has 2 rings (SSSR count). The Bertz CT molecular complexity index is 785. The largest absolute Gasteiger partial charge is 0.276 e. The summed E-state index contributed by atoms with van der Waals surface area (Å²) in [6.07, 6.45) is 0. The smallest absolute Gasteiger partial charge is 0.264 e. The lowest BCUT2D eigenvalue weighted by atomic mass is 10.3. The Morgan fingerprint density at radius 1 is 1.29 bits per heavy atom. The first kappa shape index (κ1) is 15.4. The van der Waals surface area contributed by atoms with E-state index in [2.05, 4.69) is 9.82 Å². The molecule has 0 aliphatic heterocycles. The van der Waals surface area contributed by atoms with Crippen LogP contribution in [0.1, 0.15) is 18.3 Å². The normalized spacial score (nSPS) is 11.7. The number of sulfonamides is 1. The number of aromatic nitrogens is 2. The van der Waals surface area contributed by atoms with Crippen LogP contribution in [0.25, 0.3) is 0 Å². The molecule has 8 heteroatoms. The molecule has 114 valence electrons. The Balaban J connectivity index is 2.45. The highest BCUT2D eigenvalue weighted by Gasteiger charge is 2.23. The van der Waals surface area contributed by atoms with E-state index < -0.39 is 26.6 Å². The lowest BCUT2D eigenvalue weighted by Crippen LogP contribution is -2.16. The summed E-state index contributed by atoms with van der Waals surface area (Å²) in [5.74, 6) is -1.97. The fourth-order valence-electron chi connectivity index (χ4n) is 2.04. The maximum atomic E-state index is 13.6. The van der Waals surface area contributed by atoms with Crippen molar-refractivity contribution >= 4 is 15.7 Å².